The molecule has 0 aliphatic carbocycles. The van der Waals surface area contributed by atoms with Gasteiger partial charge in [-0.2, -0.15) is 0 Å². The third kappa shape index (κ3) is 12.2. The molecule has 0 aromatic carbocycles. The molecule has 0 heterocycles. The van der Waals surface area contributed by atoms with Crippen LogP contribution in [-0.2, 0) is 4.74 Å². The summed E-state index contributed by atoms with van der Waals surface area (Å²) in [6.07, 6.45) is 10.7. The van der Waals surface area contributed by atoms with Crippen LogP contribution in [0.2, 0.25) is 4.47 Å². The summed E-state index contributed by atoms with van der Waals surface area (Å²) >= 11 is -0.499. The van der Waals surface area contributed by atoms with Crippen molar-refractivity contribution >= 4 is 24.9 Å². The van der Waals surface area contributed by atoms with Crippen molar-refractivity contribution in [1.29, 1.82) is 0 Å². The maximum absolute atomic E-state index is 10.9. The number of carbonyl (C=O) groups is 1. The average molecular weight is 328 g/mol. The first-order valence-electron chi connectivity index (χ1n) is 6.02. The van der Waals surface area contributed by atoms with Gasteiger partial charge in [0.05, 0.1) is 0 Å². The van der Waals surface area contributed by atoms with E-state index < -0.39 is 20.9 Å². The monoisotopic (exact) mass is 330 g/mol. The van der Waals surface area contributed by atoms with E-state index in [0.717, 1.165) is 4.47 Å². The van der Waals surface area contributed by atoms with E-state index in [-0.39, 0.29) is 4.02 Å². The van der Waals surface area contributed by atoms with Gasteiger partial charge in [0, 0.05) is 0 Å². The van der Waals surface area contributed by atoms with Crippen molar-refractivity contribution in [3.8, 4) is 0 Å². The minimum absolute atomic E-state index is 0.0587. The van der Waals surface area contributed by atoms with Crippen LogP contribution in [0, 0.1) is 0 Å². The summed E-state index contributed by atoms with van der Waals surface area (Å²) in [4.78, 5) is 10.9. The molecule has 0 amide bonds. The fraction of sp³-hybridized carbons (Fsp3) is 0.917. The molecule has 0 aliphatic rings. The Morgan fingerprint density at radius 3 is 2.07 bits per heavy atom. The van der Waals surface area contributed by atoms with E-state index in [2.05, 4.69) is 11.7 Å². The van der Waals surface area contributed by atoms with Crippen molar-refractivity contribution in [3.05, 3.63) is 0 Å². The van der Waals surface area contributed by atoms with Crippen molar-refractivity contribution in [2.45, 2.75) is 62.8 Å². The summed E-state index contributed by atoms with van der Waals surface area (Å²) in [7, 11) is 1.49. The van der Waals surface area contributed by atoms with Gasteiger partial charge in [-0.3, -0.25) is 0 Å². The maximum atomic E-state index is 10.9. The van der Waals surface area contributed by atoms with Crippen LogP contribution in [0.3, 0.4) is 0 Å². The van der Waals surface area contributed by atoms with Crippen molar-refractivity contribution in [2.24, 2.45) is 0 Å². The summed E-state index contributed by atoms with van der Waals surface area (Å²) in [5, 5.41) is 0. The Kier molecular flexibility index (Phi) is 12.5. The van der Waals surface area contributed by atoms with E-state index in [1.165, 1.54) is 58.5 Å². The van der Waals surface area contributed by atoms with Crippen LogP contribution in [0.1, 0.15) is 58.3 Å². The zero-order valence-corrected chi connectivity index (χ0v) is 12.4. The Morgan fingerprint density at radius 1 is 1.00 bits per heavy atom. The number of ether oxygens (including phenoxy) is 1. The Labute approximate surface area is 104 Å². The molecule has 3 heteroatoms. The first-order chi connectivity index (χ1) is 7.31. The molecule has 0 radical (unpaired) electrons. The summed E-state index contributed by atoms with van der Waals surface area (Å²) in [5.41, 5.74) is 0. The second-order valence-electron chi connectivity index (χ2n) is 3.78. The van der Waals surface area contributed by atoms with Crippen molar-refractivity contribution < 1.29 is 9.53 Å². The zero-order chi connectivity index (χ0) is 11.4. The molecule has 0 rings (SSSR count). The van der Waals surface area contributed by atoms with Gasteiger partial charge in [-0.05, 0) is 0 Å². The van der Waals surface area contributed by atoms with Gasteiger partial charge in [0.1, 0.15) is 0 Å². The standard InChI is InChI=1S/C12H24O2Te/c1-3-4-5-6-7-8-9-10-11-15-12(13)14-2/h3-11H2,1-2H3. The Morgan fingerprint density at radius 2 is 1.53 bits per heavy atom. The van der Waals surface area contributed by atoms with E-state index in [0.29, 0.717) is 0 Å². The third-order valence-electron chi connectivity index (χ3n) is 2.38. The summed E-state index contributed by atoms with van der Waals surface area (Å²) in [6, 6.07) is 0. The SMILES string of the molecule is CCCCCCCCCC[Te]C(=O)OC. The summed E-state index contributed by atoms with van der Waals surface area (Å²) in [5.74, 6) is 0. The van der Waals surface area contributed by atoms with Gasteiger partial charge in [-0.25, -0.2) is 0 Å². The first kappa shape index (κ1) is 15.3. The molecule has 2 nitrogen and oxygen atoms in total. The normalized spacial score (nSPS) is 10.3. The molecule has 15 heavy (non-hydrogen) atoms. The molecule has 0 aromatic rings. The second-order valence-corrected chi connectivity index (χ2v) is 6.72. The van der Waals surface area contributed by atoms with Crippen molar-refractivity contribution in [1.82, 2.24) is 0 Å². The Balaban J connectivity index is 2.95. The predicted octanol–water partition coefficient (Wildman–Crippen LogP) is 4.02. The quantitative estimate of drug-likeness (QED) is 0.447. The number of methoxy groups -OCH3 is 1. The van der Waals surface area contributed by atoms with Crippen LogP contribution < -0.4 is 0 Å². The van der Waals surface area contributed by atoms with Crippen LogP contribution >= 0.6 is 0 Å². The Hall–Kier alpha value is 0.260. The first-order valence-corrected chi connectivity index (χ1v) is 8.83. The molecule has 0 bridgehead atoms. The van der Waals surface area contributed by atoms with Crippen LogP contribution in [-0.4, -0.2) is 32.1 Å². The molecule has 0 unspecified atom stereocenters. The van der Waals surface area contributed by atoms with Gasteiger partial charge in [-0.1, -0.05) is 0 Å². The van der Waals surface area contributed by atoms with E-state index in [1.54, 1.807) is 0 Å². The van der Waals surface area contributed by atoms with Crippen LogP contribution in [0.15, 0.2) is 0 Å². The molecule has 0 atom stereocenters. The fourth-order valence-corrected chi connectivity index (χ4v) is 3.26. The summed E-state index contributed by atoms with van der Waals surface area (Å²) < 4.78 is 5.82. The molecule has 0 saturated carbocycles. The van der Waals surface area contributed by atoms with Gasteiger partial charge in [0.2, 0.25) is 0 Å². The van der Waals surface area contributed by atoms with Crippen LogP contribution in [0.25, 0.3) is 0 Å². The van der Waals surface area contributed by atoms with E-state index in [9.17, 15) is 4.79 Å². The molecule has 0 spiro atoms. The van der Waals surface area contributed by atoms with E-state index in [4.69, 9.17) is 0 Å². The van der Waals surface area contributed by atoms with Crippen molar-refractivity contribution in [2.75, 3.05) is 7.11 Å². The minimum atomic E-state index is -0.499. The Bertz CT molecular complexity index is 149. The second kappa shape index (κ2) is 12.3. The number of rotatable bonds is 10. The predicted molar refractivity (Wildman–Crippen MR) is 65.6 cm³/mol. The van der Waals surface area contributed by atoms with Crippen molar-refractivity contribution in [3.63, 3.8) is 0 Å². The molecule has 0 aliphatic heterocycles. The summed E-state index contributed by atoms with van der Waals surface area (Å²) in [6.45, 7) is 2.25. The number of unbranched alkanes of at least 4 members (excludes halogenated alkanes) is 7. The van der Waals surface area contributed by atoms with Crippen LogP contribution in [0.5, 0.6) is 0 Å². The number of carbonyl (C=O) groups excluding carboxylic acids is 1. The zero-order valence-electron chi connectivity index (χ0n) is 10.1. The molecule has 0 saturated heterocycles. The van der Waals surface area contributed by atoms with Gasteiger partial charge < -0.3 is 0 Å². The van der Waals surface area contributed by atoms with Crippen LogP contribution in [0.4, 0.5) is 4.79 Å². The molecule has 0 aromatic heterocycles. The molecule has 90 valence electrons. The fourth-order valence-electron chi connectivity index (χ4n) is 1.45. The number of hydrogen-bond acceptors (Lipinski definition) is 2. The van der Waals surface area contributed by atoms with Gasteiger partial charge in [0.25, 0.3) is 0 Å². The van der Waals surface area contributed by atoms with Gasteiger partial charge >= 0.3 is 104 Å². The topological polar surface area (TPSA) is 26.3 Å². The third-order valence-corrected chi connectivity index (χ3v) is 4.94. The van der Waals surface area contributed by atoms with E-state index >= 15 is 0 Å². The molecule has 0 N–H and O–H groups in total. The average Bonchev–Trinajstić information content (AvgIpc) is 2.26. The molecular weight excluding hydrogens is 304 g/mol. The van der Waals surface area contributed by atoms with E-state index in [1.807, 2.05) is 0 Å². The van der Waals surface area contributed by atoms with Gasteiger partial charge in [-0.15, -0.1) is 0 Å². The molecule has 0 fully saturated rings. The van der Waals surface area contributed by atoms with Gasteiger partial charge in [0.15, 0.2) is 0 Å². The molecular formula is C12H24O2Te. The number of hydrogen-bond donors (Lipinski definition) is 0.